The molecule has 2 rings (SSSR count). The van der Waals surface area contributed by atoms with Crippen molar-refractivity contribution in [3.05, 3.63) is 44.6 Å². The van der Waals surface area contributed by atoms with E-state index < -0.39 is 10.0 Å². The summed E-state index contributed by atoms with van der Waals surface area (Å²) in [4.78, 5) is 1.06. The lowest BCUT2D eigenvalue weighted by molar-refractivity contribution is 0.601. The van der Waals surface area contributed by atoms with Crippen LogP contribution in [0.25, 0.3) is 0 Å². The smallest absolute Gasteiger partial charge is 0.263 e. The predicted octanol–water partition coefficient (Wildman–Crippen LogP) is 4.40. The van der Waals surface area contributed by atoms with Gasteiger partial charge >= 0.3 is 0 Å². The van der Waals surface area contributed by atoms with Gasteiger partial charge in [0.2, 0.25) is 0 Å². The van der Waals surface area contributed by atoms with E-state index in [-0.39, 0.29) is 0 Å². The van der Waals surface area contributed by atoms with Gasteiger partial charge in [-0.1, -0.05) is 12.1 Å². The van der Waals surface area contributed by atoms with E-state index in [0.29, 0.717) is 16.5 Å². The molecule has 0 spiro atoms. The van der Waals surface area contributed by atoms with Crippen LogP contribution in [-0.2, 0) is 16.4 Å². The summed E-state index contributed by atoms with van der Waals surface area (Å²) in [6.45, 7) is 1.79. The van der Waals surface area contributed by atoms with Crippen molar-refractivity contribution in [2.45, 2.75) is 18.2 Å². The van der Waals surface area contributed by atoms with E-state index in [1.807, 2.05) is 12.1 Å². The number of alkyl halides is 1. The molecule has 0 aliphatic rings. The first-order valence-corrected chi connectivity index (χ1v) is 9.49. The molecule has 7 heteroatoms. The summed E-state index contributed by atoms with van der Waals surface area (Å²) in [5.74, 6) is 0.549. The standard InChI is InChI=1S/C13H13BrClNO2S2/c1-9-12(8-13(14)19-9)20(17,18)16-11-4-2-10(3-5-11)6-7-15/h2-5,8,16H,6-7H2,1H3. The Morgan fingerprint density at radius 1 is 1.30 bits per heavy atom. The number of sulfonamides is 1. The minimum absolute atomic E-state index is 0.305. The molecule has 0 bridgehead atoms. The van der Waals surface area contributed by atoms with Gasteiger partial charge in [0.15, 0.2) is 0 Å². The van der Waals surface area contributed by atoms with Crippen molar-refractivity contribution in [1.82, 2.24) is 0 Å². The van der Waals surface area contributed by atoms with Crippen LogP contribution in [0.5, 0.6) is 0 Å². The van der Waals surface area contributed by atoms with Gasteiger partial charge in [0.1, 0.15) is 4.90 Å². The molecular formula is C13H13BrClNO2S2. The molecule has 0 amide bonds. The molecular weight excluding hydrogens is 382 g/mol. The molecule has 0 aliphatic carbocycles. The second-order valence-corrected chi connectivity index (χ2v) is 8.88. The SMILES string of the molecule is Cc1sc(Br)cc1S(=O)(=O)Nc1ccc(CCCl)cc1. The van der Waals surface area contributed by atoms with E-state index in [4.69, 9.17) is 11.6 Å². The molecule has 20 heavy (non-hydrogen) atoms. The van der Waals surface area contributed by atoms with E-state index in [1.54, 1.807) is 25.1 Å². The zero-order valence-electron chi connectivity index (χ0n) is 10.7. The van der Waals surface area contributed by atoms with Gasteiger partial charge in [-0.25, -0.2) is 8.42 Å². The second kappa shape index (κ2) is 6.47. The molecule has 0 radical (unpaired) electrons. The van der Waals surface area contributed by atoms with Gasteiger partial charge in [-0.3, -0.25) is 4.72 Å². The van der Waals surface area contributed by atoms with Crippen LogP contribution >= 0.6 is 38.9 Å². The Kier molecular flexibility index (Phi) is 5.12. The zero-order valence-corrected chi connectivity index (χ0v) is 14.7. The number of rotatable bonds is 5. The van der Waals surface area contributed by atoms with E-state index in [1.165, 1.54) is 11.3 Å². The van der Waals surface area contributed by atoms with Crippen molar-refractivity contribution >= 4 is 54.6 Å². The van der Waals surface area contributed by atoms with Crippen LogP contribution in [0.1, 0.15) is 10.4 Å². The molecule has 0 saturated carbocycles. The summed E-state index contributed by atoms with van der Waals surface area (Å²) < 4.78 is 28.0. The number of halogens is 2. The van der Waals surface area contributed by atoms with E-state index in [0.717, 1.165) is 20.6 Å². The minimum Gasteiger partial charge on any atom is -0.280 e. The van der Waals surface area contributed by atoms with E-state index in [9.17, 15) is 8.42 Å². The van der Waals surface area contributed by atoms with Crippen molar-refractivity contribution in [3.8, 4) is 0 Å². The molecule has 1 aromatic heterocycles. The lowest BCUT2D eigenvalue weighted by atomic mass is 10.2. The van der Waals surface area contributed by atoms with Crippen molar-refractivity contribution in [2.24, 2.45) is 0 Å². The molecule has 0 atom stereocenters. The highest BCUT2D eigenvalue weighted by Crippen LogP contribution is 2.30. The molecule has 1 heterocycles. The first-order valence-electron chi connectivity index (χ1n) is 5.86. The Bertz CT molecular complexity index is 696. The van der Waals surface area contributed by atoms with Gasteiger partial charge in [-0.05, 0) is 53.0 Å². The van der Waals surface area contributed by atoms with Crippen molar-refractivity contribution in [2.75, 3.05) is 10.6 Å². The van der Waals surface area contributed by atoms with Crippen molar-refractivity contribution in [1.29, 1.82) is 0 Å². The predicted molar refractivity (Wildman–Crippen MR) is 88.4 cm³/mol. The van der Waals surface area contributed by atoms with Crippen molar-refractivity contribution < 1.29 is 8.42 Å². The van der Waals surface area contributed by atoms with Gasteiger partial charge in [0, 0.05) is 16.4 Å². The van der Waals surface area contributed by atoms with Crippen LogP contribution in [0.4, 0.5) is 5.69 Å². The summed E-state index contributed by atoms with van der Waals surface area (Å²) >= 11 is 10.4. The summed E-state index contributed by atoms with van der Waals surface area (Å²) in [6.07, 6.45) is 0.769. The lowest BCUT2D eigenvalue weighted by Crippen LogP contribution is -2.13. The Balaban J connectivity index is 2.22. The fourth-order valence-corrected chi connectivity index (χ4v) is 5.45. The Labute approximate surface area is 136 Å². The van der Waals surface area contributed by atoms with E-state index >= 15 is 0 Å². The molecule has 1 N–H and O–H groups in total. The highest BCUT2D eigenvalue weighted by molar-refractivity contribution is 9.11. The number of benzene rings is 1. The number of hydrogen-bond donors (Lipinski definition) is 1. The summed E-state index contributed by atoms with van der Waals surface area (Å²) in [6, 6.07) is 8.85. The number of hydrogen-bond acceptors (Lipinski definition) is 3. The van der Waals surface area contributed by atoms with Crippen LogP contribution in [0.2, 0.25) is 0 Å². The number of aryl methyl sites for hydroxylation is 2. The third kappa shape index (κ3) is 3.75. The minimum atomic E-state index is -3.54. The fraction of sp³-hybridized carbons (Fsp3) is 0.231. The number of anilines is 1. The average Bonchev–Trinajstić information content (AvgIpc) is 2.72. The molecule has 0 fully saturated rings. The third-order valence-corrected chi connectivity index (χ3v) is 6.10. The summed E-state index contributed by atoms with van der Waals surface area (Å²) in [7, 11) is -3.54. The highest BCUT2D eigenvalue weighted by atomic mass is 79.9. The normalized spacial score (nSPS) is 11.6. The Morgan fingerprint density at radius 3 is 2.45 bits per heavy atom. The molecule has 108 valence electrons. The van der Waals surface area contributed by atoms with Gasteiger partial charge in [0.05, 0.1) is 3.79 Å². The van der Waals surface area contributed by atoms with Gasteiger partial charge in [-0.15, -0.1) is 22.9 Å². The van der Waals surface area contributed by atoms with Crippen LogP contribution in [-0.4, -0.2) is 14.3 Å². The van der Waals surface area contributed by atoms with Crippen LogP contribution in [0, 0.1) is 6.92 Å². The maximum atomic E-state index is 12.3. The molecule has 1 aromatic carbocycles. The first kappa shape index (κ1) is 15.8. The third-order valence-electron chi connectivity index (χ3n) is 2.72. The maximum absolute atomic E-state index is 12.3. The fourth-order valence-electron chi connectivity index (χ4n) is 1.76. The van der Waals surface area contributed by atoms with Crippen molar-refractivity contribution in [3.63, 3.8) is 0 Å². The Hall–Kier alpha value is -0.560. The van der Waals surface area contributed by atoms with Gasteiger partial charge in [0.25, 0.3) is 10.0 Å². The van der Waals surface area contributed by atoms with Gasteiger partial charge in [-0.2, -0.15) is 0 Å². The summed E-state index contributed by atoms with van der Waals surface area (Å²) in [5, 5.41) is 0. The van der Waals surface area contributed by atoms with Crippen LogP contribution < -0.4 is 4.72 Å². The monoisotopic (exact) mass is 393 g/mol. The molecule has 3 nitrogen and oxygen atoms in total. The highest BCUT2D eigenvalue weighted by Gasteiger charge is 2.19. The zero-order chi connectivity index (χ0) is 14.8. The second-order valence-electron chi connectivity index (χ2n) is 4.21. The van der Waals surface area contributed by atoms with Crippen LogP contribution in [0.15, 0.2) is 39.0 Å². The quantitative estimate of drug-likeness (QED) is 0.764. The number of nitrogens with one attached hydrogen (secondary N) is 1. The maximum Gasteiger partial charge on any atom is 0.263 e. The Morgan fingerprint density at radius 2 is 1.95 bits per heavy atom. The molecule has 0 unspecified atom stereocenters. The van der Waals surface area contributed by atoms with E-state index in [2.05, 4.69) is 20.7 Å². The number of thiophene rings is 1. The summed E-state index contributed by atoms with van der Waals surface area (Å²) in [5.41, 5.74) is 1.63. The molecule has 0 aliphatic heterocycles. The molecule has 0 saturated heterocycles. The molecule has 2 aromatic rings. The topological polar surface area (TPSA) is 46.2 Å². The lowest BCUT2D eigenvalue weighted by Gasteiger charge is -2.08. The van der Waals surface area contributed by atoms with Crippen LogP contribution in [0.3, 0.4) is 0 Å². The average molecular weight is 395 g/mol. The van der Waals surface area contributed by atoms with Gasteiger partial charge < -0.3 is 0 Å². The largest absolute Gasteiger partial charge is 0.280 e. The first-order chi connectivity index (χ1) is 9.42.